The number of para-hydroxylation sites is 1. The molecule has 0 aromatic heterocycles. The number of carbonyl (C=O) groups is 2. The van der Waals surface area contributed by atoms with Crippen LogP contribution in [0.5, 0.6) is 11.5 Å². The zero-order valence-corrected chi connectivity index (χ0v) is 34.7. The van der Waals surface area contributed by atoms with Gasteiger partial charge in [-0.25, -0.2) is 14.8 Å². The van der Waals surface area contributed by atoms with E-state index in [9.17, 15) is 28.7 Å². The van der Waals surface area contributed by atoms with Crippen molar-refractivity contribution >= 4 is 41.6 Å². The summed E-state index contributed by atoms with van der Waals surface area (Å²) in [6.07, 6.45) is 6.12. The number of benzene rings is 3. The third kappa shape index (κ3) is 9.17. The maximum atomic E-state index is 16.1. The molecule has 0 spiro atoms. The first kappa shape index (κ1) is 44.5. The fourth-order valence-electron chi connectivity index (χ4n) is 8.07. The van der Waals surface area contributed by atoms with E-state index in [0.717, 1.165) is 70.4 Å². The smallest absolute Gasteiger partial charge is 0.503 e. The van der Waals surface area contributed by atoms with Gasteiger partial charge >= 0.3 is 29.6 Å². The van der Waals surface area contributed by atoms with Crippen LogP contribution in [-0.2, 0) is 19.2 Å². The third-order valence-corrected chi connectivity index (χ3v) is 11.3. The molecule has 3 fully saturated rings. The summed E-state index contributed by atoms with van der Waals surface area (Å²) in [7, 11) is 1.54. The summed E-state index contributed by atoms with van der Waals surface area (Å²) >= 11 is 0. The van der Waals surface area contributed by atoms with Gasteiger partial charge in [0.25, 0.3) is 0 Å². The van der Waals surface area contributed by atoms with E-state index in [1.54, 1.807) is 17.4 Å². The molecular weight excluding hydrogens is 731 g/mol. The van der Waals surface area contributed by atoms with Crippen molar-refractivity contribution in [2.75, 3.05) is 67.6 Å². The number of phenols is 1. The van der Waals surface area contributed by atoms with Crippen molar-refractivity contribution in [3.8, 4) is 11.5 Å². The van der Waals surface area contributed by atoms with Crippen LogP contribution in [-0.4, -0.2) is 87.4 Å². The van der Waals surface area contributed by atoms with E-state index in [-0.39, 0.29) is 47.6 Å². The predicted octanol–water partition coefficient (Wildman–Crippen LogP) is 2.65. The van der Waals surface area contributed by atoms with Gasteiger partial charge in [0.05, 0.1) is 36.4 Å². The van der Waals surface area contributed by atoms with E-state index >= 15 is 4.39 Å². The molecule has 14 heteroatoms. The van der Waals surface area contributed by atoms with Crippen molar-refractivity contribution in [2.45, 2.75) is 52.0 Å². The maximum absolute atomic E-state index is 16.1. The molecule has 2 N–H and O–H groups in total. The van der Waals surface area contributed by atoms with Crippen LogP contribution in [0.4, 0.5) is 25.8 Å². The van der Waals surface area contributed by atoms with Gasteiger partial charge in [-0.15, -0.1) is 6.07 Å². The first-order valence-corrected chi connectivity index (χ1v) is 18.7. The van der Waals surface area contributed by atoms with Gasteiger partial charge in [0.2, 0.25) is 5.91 Å². The first-order chi connectivity index (χ1) is 26.5. The Morgan fingerprint density at radius 3 is 2.20 bits per heavy atom. The normalized spacial score (nSPS) is 18.2. The number of aromatic hydroxyl groups is 1. The molecule has 3 aromatic rings. The van der Waals surface area contributed by atoms with Gasteiger partial charge in [-0.3, -0.25) is 32.6 Å². The number of halogens is 2. The minimum Gasteiger partial charge on any atom is -0.503 e. The number of phenolic OH excluding ortho intramolecular Hbond substituents is 1. The second-order valence-electron chi connectivity index (χ2n) is 14.2. The number of imide groups is 1. The predicted molar refractivity (Wildman–Crippen MR) is 207 cm³/mol. The summed E-state index contributed by atoms with van der Waals surface area (Å²) in [4.78, 5) is 52.2. The van der Waals surface area contributed by atoms with Gasteiger partial charge in [0.15, 0.2) is 11.6 Å². The molecule has 0 aliphatic carbocycles. The van der Waals surface area contributed by atoms with E-state index in [4.69, 9.17) is 4.74 Å². The number of piperazine rings is 1. The molecule has 0 bridgehead atoms. The Balaban J connectivity index is 0.000000796. The molecular formula is C42H49F2N5NaO6-3. The van der Waals surface area contributed by atoms with Crippen LogP contribution < -0.4 is 54.3 Å². The van der Waals surface area contributed by atoms with Crippen molar-refractivity contribution in [1.82, 2.24) is 10.2 Å². The summed E-state index contributed by atoms with van der Waals surface area (Å²) in [5.41, 5.74) is 2.47. The summed E-state index contributed by atoms with van der Waals surface area (Å²) in [6.45, 7) is 17.2. The Labute approximate surface area is 350 Å². The zero-order valence-electron chi connectivity index (χ0n) is 32.7. The molecule has 296 valence electrons. The Bertz CT molecular complexity index is 1860. The number of hydrogen-bond donors (Lipinski definition) is 2. The van der Waals surface area contributed by atoms with E-state index in [2.05, 4.69) is 28.5 Å². The number of β-lactam (4-membered cyclic amide) rings is 1. The SMILES string of the molecule is [CH2-]CC(=O)N[C-]=O.[CH2-]c1cc(N2CCN(CC3CCN(c4cc(OC)c(C5N(c6cccc(F)c6O)C(=O)C5(CC)CC)cc4F)CC3)CC2)ccc1[C-]=O.[Na+]. The molecule has 3 amide bonds. The Morgan fingerprint density at radius 2 is 1.64 bits per heavy atom. The maximum Gasteiger partial charge on any atom is 1.00 e. The number of nitrogens with zero attached hydrogens (tertiary/aromatic N) is 4. The van der Waals surface area contributed by atoms with Crippen LogP contribution in [0.1, 0.15) is 68.7 Å². The number of amides is 3. The van der Waals surface area contributed by atoms with Crippen LogP contribution in [0.3, 0.4) is 0 Å². The quantitative estimate of drug-likeness (QED) is 0.124. The second-order valence-corrected chi connectivity index (χ2v) is 14.2. The molecule has 11 nitrogen and oxygen atoms in total. The summed E-state index contributed by atoms with van der Waals surface area (Å²) in [6, 6.07) is 12.3. The van der Waals surface area contributed by atoms with Crippen LogP contribution in [0.25, 0.3) is 0 Å². The topological polar surface area (TPSA) is 123 Å². The molecule has 0 saturated carbocycles. The van der Waals surface area contributed by atoms with Crippen molar-refractivity contribution in [3.63, 3.8) is 0 Å². The molecule has 3 heterocycles. The number of anilines is 3. The van der Waals surface area contributed by atoms with Crippen molar-refractivity contribution in [2.24, 2.45) is 11.3 Å². The number of nitrogens with one attached hydrogen (secondary N) is 1. The first-order valence-electron chi connectivity index (χ1n) is 18.7. The molecule has 1 unspecified atom stereocenters. The molecule has 0 radical (unpaired) electrons. The third-order valence-electron chi connectivity index (χ3n) is 11.3. The molecule has 3 saturated heterocycles. The largest absolute Gasteiger partial charge is 1.00 e. The molecule has 56 heavy (non-hydrogen) atoms. The van der Waals surface area contributed by atoms with E-state index in [0.29, 0.717) is 46.9 Å². The molecule has 3 aromatic carbocycles. The van der Waals surface area contributed by atoms with Gasteiger partial charge in [-0.1, -0.05) is 19.9 Å². The number of hydrogen-bond acceptors (Lipinski definition) is 9. The fraction of sp³-hybridized carbons (Fsp3) is 0.429. The van der Waals surface area contributed by atoms with E-state index < -0.39 is 34.7 Å². The van der Waals surface area contributed by atoms with E-state index in [1.807, 2.05) is 32.3 Å². The number of carbonyl (C=O) groups excluding carboxylic acids is 4. The van der Waals surface area contributed by atoms with Crippen molar-refractivity contribution in [3.05, 3.63) is 90.7 Å². The van der Waals surface area contributed by atoms with Gasteiger partial charge < -0.3 is 46.3 Å². The standard InChI is InChI=1S/C38H44F2N4O4.C4H5NO2.Na/c1-5-38(6-2)36(44(37(38)47)32-9-7-8-30(39)35(32)46)29-21-31(40)33(22-34(29)48-4)43-14-12-26(13-15-43)23-41-16-18-42(19-17-41)28-11-10-27(24-45)25(3)20-28;1-2-4(7)5-3-6;/h7-11,20-22,26,36,46H,3,5-6,12-19,23H2,1-2,4H3;1-2H2,(H,5,6,7);/q2*-2;+1. The molecule has 3 aliphatic heterocycles. The summed E-state index contributed by atoms with van der Waals surface area (Å²) in [5.74, 6) is -1.49. The van der Waals surface area contributed by atoms with Gasteiger partial charge in [0, 0.05) is 63.4 Å². The Hall–Kier alpha value is -4.17. The molecule has 3 aliphatic rings. The minimum absolute atomic E-state index is 0. The summed E-state index contributed by atoms with van der Waals surface area (Å²) < 4.78 is 36.3. The Morgan fingerprint density at radius 1 is 0.964 bits per heavy atom. The number of methoxy groups -OCH3 is 1. The van der Waals surface area contributed by atoms with Gasteiger partial charge in [-0.05, 0) is 61.8 Å². The zero-order chi connectivity index (χ0) is 39.9. The fourth-order valence-corrected chi connectivity index (χ4v) is 8.07. The van der Waals surface area contributed by atoms with Gasteiger partial charge in [0.1, 0.15) is 11.6 Å². The van der Waals surface area contributed by atoms with Gasteiger partial charge in [-0.2, -0.15) is 12.5 Å². The van der Waals surface area contributed by atoms with Crippen LogP contribution in [0.15, 0.2) is 48.5 Å². The monoisotopic (exact) mass is 780 g/mol. The molecule has 1 atom stereocenters. The number of piperidine rings is 1. The summed E-state index contributed by atoms with van der Waals surface area (Å²) in [5, 5.41) is 12.3. The average molecular weight is 781 g/mol. The van der Waals surface area contributed by atoms with Crippen molar-refractivity contribution < 1.29 is 67.4 Å². The average Bonchev–Trinajstić information content (AvgIpc) is 3.20. The minimum atomic E-state index is -0.834. The number of rotatable bonds is 12. The number of ether oxygens (including phenoxy) is 1. The van der Waals surface area contributed by atoms with Crippen LogP contribution in [0.2, 0.25) is 0 Å². The van der Waals surface area contributed by atoms with Crippen LogP contribution >= 0.6 is 0 Å². The van der Waals surface area contributed by atoms with E-state index in [1.165, 1.54) is 36.6 Å². The van der Waals surface area contributed by atoms with Crippen LogP contribution in [0, 0.1) is 36.8 Å². The van der Waals surface area contributed by atoms with Crippen molar-refractivity contribution in [1.29, 1.82) is 0 Å². The second kappa shape index (κ2) is 19.8. The Kier molecular flexibility index (Phi) is 15.8. The molecule has 6 rings (SSSR count).